The SMILES string of the molecule is CCCC(Cl)c1noc(C(F)(F)C(F)F)n1. The average molecular weight is 261 g/mol. The maximum atomic E-state index is 12.8. The summed E-state index contributed by atoms with van der Waals surface area (Å²) in [6.45, 7) is 1.82. The number of rotatable bonds is 5. The van der Waals surface area contributed by atoms with Crippen molar-refractivity contribution in [2.24, 2.45) is 0 Å². The summed E-state index contributed by atoms with van der Waals surface area (Å²) in [5, 5.41) is 2.44. The Morgan fingerprint density at radius 3 is 2.56 bits per heavy atom. The average Bonchev–Trinajstić information content (AvgIpc) is 2.67. The van der Waals surface area contributed by atoms with Crippen LogP contribution >= 0.6 is 11.6 Å². The highest BCUT2D eigenvalue weighted by Gasteiger charge is 2.48. The molecule has 0 radical (unpaired) electrons. The molecule has 8 heteroatoms. The Morgan fingerprint density at radius 1 is 1.44 bits per heavy atom. The van der Waals surface area contributed by atoms with Gasteiger partial charge in [-0.05, 0) is 6.42 Å². The third kappa shape index (κ3) is 2.63. The van der Waals surface area contributed by atoms with Gasteiger partial charge in [0, 0.05) is 0 Å². The number of halogens is 5. The third-order valence-corrected chi connectivity index (χ3v) is 2.24. The van der Waals surface area contributed by atoms with Crippen molar-refractivity contribution in [1.29, 1.82) is 0 Å². The molecule has 0 aliphatic carbocycles. The van der Waals surface area contributed by atoms with E-state index in [0.29, 0.717) is 12.8 Å². The predicted molar refractivity (Wildman–Crippen MR) is 47.7 cm³/mol. The van der Waals surface area contributed by atoms with Crippen LogP contribution in [0.2, 0.25) is 0 Å². The van der Waals surface area contributed by atoms with E-state index in [2.05, 4.69) is 14.7 Å². The van der Waals surface area contributed by atoms with Crippen molar-refractivity contribution in [3.05, 3.63) is 11.7 Å². The minimum absolute atomic E-state index is 0.196. The Bertz CT molecular complexity index is 345. The Balaban J connectivity index is 2.86. The molecule has 1 rings (SSSR count). The summed E-state index contributed by atoms with van der Waals surface area (Å²) >= 11 is 5.73. The van der Waals surface area contributed by atoms with Crippen LogP contribution in [0.1, 0.15) is 36.9 Å². The summed E-state index contributed by atoms with van der Waals surface area (Å²) in [6.07, 6.45) is -2.76. The molecule has 1 unspecified atom stereocenters. The Kier molecular flexibility index (Phi) is 4.12. The number of hydrogen-bond donors (Lipinski definition) is 0. The second-order valence-corrected chi connectivity index (χ2v) is 3.66. The fourth-order valence-electron chi connectivity index (χ4n) is 0.973. The smallest absolute Gasteiger partial charge is 0.332 e. The molecular weight excluding hydrogens is 252 g/mol. The number of alkyl halides is 5. The van der Waals surface area contributed by atoms with Crippen LogP contribution in [0.4, 0.5) is 17.6 Å². The molecule has 1 aromatic rings. The van der Waals surface area contributed by atoms with Gasteiger partial charge in [0.25, 0.3) is 0 Å². The van der Waals surface area contributed by atoms with Gasteiger partial charge < -0.3 is 4.52 Å². The van der Waals surface area contributed by atoms with Gasteiger partial charge in [-0.2, -0.15) is 13.8 Å². The van der Waals surface area contributed by atoms with Crippen molar-refractivity contribution in [1.82, 2.24) is 10.1 Å². The van der Waals surface area contributed by atoms with Crippen molar-refractivity contribution in [2.45, 2.75) is 37.5 Å². The van der Waals surface area contributed by atoms with Gasteiger partial charge in [0.15, 0.2) is 5.82 Å². The van der Waals surface area contributed by atoms with Gasteiger partial charge in [-0.25, -0.2) is 8.78 Å². The first kappa shape index (κ1) is 13.2. The highest BCUT2D eigenvalue weighted by Crippen LogP contribution is 2.34. The van der Waals surface area contributed by atoms with Gasteiger partial charge >= 0.3 is 18.2 Å². The molecule has 1 aromatic heterocycles. The topological polar surface area (TPSA) is 38.9 Å². The molecular formula is C8H9ClF4N2O. The van der Waals surface area contributed by atoms with Gasteiger partial charge in [-0.15, -0.1) is 11.6 Å². The summed E-state index contributed by atoms with van der Waals surface area (Å²) < 4.78 is 53.5. The van der Waals surface area contributed by atoms with Gasteiger partial charge in [0.1, 0.15) is 0 Å². The second kappa shape index (κ2) is 4.99. The van der Waals surface area contributed by atoms with E-state index in [1.165, 1.54) is 0 Å². The quantitative estimate of drug-likeness (QED) is 0.601. The zero-order chi connectivity index (χ0) is 12.3. The number of aromatic nitrogens is 2. The molecule has 0 aromatic carbocycles. The molecule has 0 N–H and O–H groups in total. The van der Waals surface area contributed by atoms with Crippen molar-refractivity contribution in [2.75, 3.05) is 0 Å². The van der Waals surface area contributed by atoms with E-state index in [-0.39, 0.29) is 5.82 Å². The van der Waals surface area contributed by atoms with E-state index in [4.69, 9.17) is 11.6 Å². The minimum Gasteiger partial charge on any atom is -0.332 e. The van der Waals surface area contributed by atoms with Crippen LogP contribution in [0.3, 0.4) is 0 Å². The summed E-state index contributed by atoms with van der Waals surface area (Å²) in [6, 6.07) is 0. The summed E-state index contributed by atoms with van der Waals surface area (Å²) in [7, 11) is 0. The first-order valence-electron chi connectivity index (χ1n) is 4.53. The normalized spacial score (nSPS) is 14.4. The van der Waals surface area contributed by atoms with Crippen LogP contribution in [0.5, 0.6) is 0 Å². The first-order chi connectivity index (χ1) is 7.39. The highest BCUT2D eigenvalue weighted by molar-refractivity contribution is 6.20. The largest absolute Gasteiger partial charge is 0.383 e. The third-order valence-electron chi connectivity index (χ3n) is 1.82. The summed E-state index contributed by atoms with van der Waals surface area (Å²) in [5.74, 6) is -6.04. The second-order valence-electron chi connectivity index (χ2n) is 3.14. The van der Waals surface area contributed by atoms with Crippen LogP contribution in [-0.2, 0) is 5.92 Å². The molecule has 0 aliphatic rings. The molecule has 0 bridgehead atoms. The molecule has 92 valence electrons. The molecule has 16 heavy (non-hydrogen) atoms. The Morgan fingerprint density at radius 2 is 2.06 bits per heavy atom. The van der Waals surface area contributed by atoms with Crippen LogP contribution < -0.4 is 0 Å². The van der Waals surface area contributed by atoms with Crippen LogP contribution in [0.25, 0.3) is 0 Å². The lowest BCUT2D eigenvalue weighted by Crippen LogP contribution is -2.24. The molecule has 0 saturated heterocycles. The van der Waals surface area contributed by atoms with E-state index in [0.717, 1.165) is 0 Å². The summed E-state index contributed by atoms with van der Waals surface area (Å²) in [5.41, 5.74) is 0. The molecule has 0 amide bonds. The maximum Gasteiger partial charge on any atom is 0.383 e. The van der Waals surface area contributed by atoms with E-state index < -0.39 is 23.6 Å². The molecule has 0 spiro atoms. The monoisotopic (exact) mass is 260 g/mol. The van der Waals surface area contributed by atoms with E-state index >= 15 is 0 Å². The standard InChI is InChI=1S/C8H9ClF4N2O/c1-2-3-4(9)5-14-7(16-15-5)8(12,13)6(10)11/h4,6H,2-3H2,1H3. The van der Waals surface area contributed by atoms with Gasteiger partial charge in [-0.1, -0.05) is 18.5 Å². The first-order valence-corrected chi connectivity index (χ1v) is 4.97. The van der Waals surface area contributed by atoms with E-state index in [1.54, 1.807) is 0 Å². The minimum atomic E-state index is -4.44. The lowest BCUT2D eigenvalue weighted by atomic mass is 10.2. The molecule has 0 aliphatic heterocycles. The zero-order valence-electron chi connectivity index (χ0n) is 8.26. The number of nitrogens with zero attached hydrogens (tertiary/aromatic N) is 2. The van der Waals surface area contributed by atoms with Crippen molar-refractivity contribution >= 4 is 11.6 Å². The Hall–Kier alpha value is -0.850. The fraction of sp³-hybridized carbons (Fsp3) is 0.750. The molecule has 3 nitrogen and oxygen atoms in total. The predicted octanol–water partition coefficient (Wildman–Crippen LogP) is 3.51. The van der Waals surface area contributed by atoms with Crippen LogP contribution in [-0.4, -0.2) is 16.6 Å². The van der Waals surface area contributed by atoms with Crippen LogP contribution in [0, 0.1) is 0 Å². The van der Waals surface area contributed by atoms with Gasteiger partial charge in [0.05, 0.1) is 5.38 Å². The summed E-state index contributed by atoms with van der Waals surface area (Å²) in [4.78, 5) is 3.18. The molecule has 0 saturated carbocycles. The zero-order valence-corrected chi connectivity index (χ0v) is 9.02. The fourth-order valence-corrected chi connectivity index (χ4v) is 1.28. The van der Waals surface area contributed by atoms with Crippen molar-refractivity contribution in [3.63, 3.8) is 0 Å². The van der Waals surface area contributed by atoms with Crippen molar-refractivity contribution in [3.8, 4) is 0 Å². The van der Waals surface area contributed by atoms with Gasteiger partial charge in [0.2, 0.25) is 0 Å². The lowest BCUT2D eigenvalue weighted by molar-refractivity contribution is -0.152. The lowest BCUT2D eigenvalue weighted by Gasteiger charge is -2.08. The highest BCUT2D eigenvalue weighted by atomic mass is 35.5. The van der Waals surface area contributed by atoms with E-state index in [9.17, 15) is 17.6 Å². The molecule has 1 heterocycles. The maximum absolute atomic E-state index is 12.8. The van der Waals surface area contributed by atoms with Crippen molar-refractivity contribution < 1.29 is 22.1 Å². The molecule has 1 atom stereocenters. The number of hydrogen-bond acceptors (Lipinski definition) is 3. The Labute approximate surface area is 93.8 Å². The molecule has 0 fully saturated rings. The van der Waals surface area contributed by atoms with Crippen LogP contribution in [0.15, 0.2) is 4.52 Å². The van der Waals surface area contributed by atoms with Gasteiger partial charge in [-0.3, -0.25) is 0 Å². The van der Waals surface area contributed by atoms with E-state index in [1.807, 2.05) is 6.92 Å².